The van der Waals surface area contributed by atoms with Crippen molar-refractivity contribution in [3.8, 4) is 11.5 Å². The van der Waals surface area contributed by atoms with Gasteiger partial charge in [0, 0.05) is 25.7 Å². The summed E-state index contributed by atoms with van der Waals surface area (Å²) in [6.45, 7) is 5.07. The van der Waals surface area contributed by atoms with Gasteiger partial charge >= 0.3 is 0 Å². The van der Waals surface area contributed by atoms with Crippen LogP contribution in [0.5, 0.6) is 11.5 Å². The quantitative estimate of drug-likeness (QED) is 0.748. The SMILES string of the molecule is CC(C)NC(=O)c1cnn2ccc(N(C)c3cccc4c3OCCCO4)nc12. The van der Waals surface area contributed by atoms with Crippen molar-refractivity contribution in [2.75, 3.05) is 25.2 Å². The van der Waals surface area contributed by atoms with Crippen LogP contribution in [0, 0.1) is 0 Å². The fourth-order valence-corrected chi connectivity index (χ4v) is 3.11. The molecule has 4 rings (SSSR count). The normalized spacial score (nSPS) is 13.4. The second kappa shape index (κ2) is 7.38. The van der Waals surface area contributed by atoms with Gasteiger partial charge in [0.25, 0.3) is 5.91 Å². The standard InChI is InChI=1S/C20H23N5O3/c1-13(2)22-20(26)14-12-21-25-9-8-17(23-19(14)25)24(3)15-6-4-7-16-18(15)28-11-5-10-27-16/h4,6-9,12-13H,5,10-11H2,1-3H3,(H,22,26). The molecule has 0 bridgehead atoms. The topological polar surface area (TPSA) is 81.0 Å². The highest BCUT2D eigenvalue weighted by Crippen LogP contribution is 2.40. The molecule has 3 heterocycles. The van der Waals surface area contributed by atoms with Crippen LogP contribution < -0.4 is 19.7 Å². The third-order valence-electron chi connectivity index (χ3n) is 4.47. The van der Waals surface area contributed by atoms with Gasteiger partial charge in [-0.25, -0.2) is 9.50 Å². The zero-order valence-corrected chi connectivity index (χ0v) is 16.2. The van der Waals surface area contributed by atoms with E-state index in [4.69, 9.17) is 9.47 Å². The molecule has 3 aromatic rings. The maximum atomic E-state index is 12.5. The molecule has 0 atom stereocenters. The van der Waals surface area contributed by atoms with Crippen molar-refractivity contribution in [2.24, 2.45) is 0 Å². The molecule has 1 N–H and O–H groups in total. The van der Waals surface area contributed by atoms with E-state index < -0.39 is 0 Å². The number of nitrogens with one attached hydrogen (secondary N) is 1. The van der Waals surface area contributed by atoms with E-state index in [1.54, 1.807) is 10.7 Å². The molecule has 1 aliphatic heterocycles. The molecule has 0 unspecified atom stereocenters. The van der Waals surface area contributed by atoms with Crippen LogP contribution >= 0.6 is 0 Å². The van der Waals surface area contributed by atoms with E-state index in [2.05, 4.69) is 15.4 Å². The Morgan fingerprint density at radius 2 is 2.07 bits per heavy atom. The number of ether oxygens (including phenoxy) is 2. The summed E-state index contributed by atoms with van der Waals surface area (Å²) in [6, 6.07) is 7.67. The summed E-state index contributed by atoms with van der Waals surface area (Å²) in [7, 11) is 1.91. The lowest BCUT2D eigenvalue weighted by Gasteiger charge is -2.22. The van der Waals surface area contributed by atoms with Gasteiger partial charge in [0.2, 0.25) is 0 Å². The second-order valence-electron chi connectivity index (χ2n) is 6.95. The number of rotatable bonds is 4. The second-order valence-corrected chi connectivity index (χ2v) is 6.95. The average Bonchev–Trinajstić information content (AvgIpc) is 2.95. The molecule has 1 aromatic carbocycles. The van der Waals surface area contributed by atoms with Crippen LogP contribution in [-0.4, -0.2) is 46.8 Å². The molecule has 8 nitrogen and oxygen atoms in total. The molecule has 0 spiro atoms. The summed E-state index contributed by atoms with van der Waals surface area (Å²) in [5.74, 6) is 1.91. The number of nitrogens with zero attached hydrogens (tertiary/aromatic N) is 4. The Hall–Kier alpha value is -3.29. The molecule has 1 aliphatic rings. The Balaban J connectivity index is 1.72. The molecule has 0 fully saturated rings. The molecular weight excluding hydrogens is 358 g/mol. The lowest BCUT2D eigenvalue weighted by molar-refractivity contribution is 0.0944. The lowest BCUT2D eigenvalue weighted by Crippen LogP contribution is -2.30. The van der Waals surface area contributed by atoms with E-state index in [-0.39, 0.29) is 11.9 Å². The first-order valence-electron chi connectivity index (χ1n) is 9.32. The van der Waals surface area contributed by atoms with E-state index in [0.717, 1.165) is 17.9 Å². The van der Waals surface area contributed by atoms with Crippen LogP contribution in [0.3, 0.4) is 0 Å². The zero-order chi connectivity index (χ0) is 19.7. The largest absolute Gasteiger partial charge is 0.489 e. The maximum Gasteiger partial charge on any atom is 0.256 e. The third-order valence-corrected chi connectivity index (χ3v) is 4.47. The van der Waals surface area contributed by atoms with Crippen LogP contribution in [0.1, 0.15) is 30.6 Å². The van der Waals surface area contributed by atoms with Crippen LogP contribution in [0.15, 0.2) is 36.7 Å². The van der Waals surface area contributed by atoms with Gasteiger partial charge in [-0.3, -0.25) is 4.79 Å². The van der Waals surface area contributed by atoms with Crippen LogP contribution in [0.25, 0.3) is 5.65 Å². The Labute approximate surface area is 163 Å². The summed E-state index contributed by atoms with van der Waals surface area (Å²) in [5, 5.41) is 7.12. The number of benzene rings is 1. The Kier molecular flexibility index (Phi) is 4.77. The summed E-state index contributed by atoms with van der Waals surface area (Å²) in [5.41, 5.74) is 1.79. The molecule has 0 aliphatic carbocycles. The molecule has 0 saturated carbocycles. The van der Waals surface area contributed by atoms with Gasteiger partial charge in [-0.15, -0.1) is 0 Å². The van der Waals surface area contributed by atoms with Crippen molar-refractivity contribution >= 4 is 23.1 Å². The fourth-order valence-electron chi connectivity index (χ4n) is 3.11. The molecule has 0 saturated heterocycles. The Bertz CT molecular complexity index is 1010. The molecule has 1 amide bonds. The van der Waals surface area contributed by atoms with E-state index in [1.807, 2.05) is 50.1 Å². The maximum absolute atomic E-state index is 12.5. The predicted octanol–water partition coefficient (Wildman–Crippen LogP) is 2.80. The van der Waals surface area contributed by atoms with Gasteiger partial charge < -0.3 is 19.7 Å². The van der Waals surface area contributed by atoms with Gasteiger partial charge in [-0.05, 0) is 32.0 Å². The summed E-state index contributed by atoms with van der Waals surface area (Å²) in [6.07, 6.45) is 4.17. The first kappa shape index (κ1) is 18.1. The molecule has 0 radical (unpaired) electrons. The van der Waals surface area contributed by atoms with E-state index >= 15 is 0 Å². The van der Waals surface area contributed by atoms with Crippen LogP contribution in [0.4, 0.5) is 11.5 Å². The lowest BCUT2D eigenvalue weighted by atomic mass is 10.2. The van der Waals surface area contributed by atoms with E-state index in [0.29, 0.717) is 36.0 Å². The number of hydrogen-bond acceptors (Lipinski definition) is 6. The average molecular weight is 381 g/mol. The van der Waals surface area contributed by atoms with Crippen molar-refractivity contribution in [3.05, 3.63) is 42.2 Å². The van der Waals surface area contributed by atoms with Crippen molar-refractivity contribution in [3.63, 3.8) is 0 Å². The van der Waals surface area contributed by atoms with Gasteiger partial charge in [0.05, 0.1) is 25.1 Å². The molecule has 146 valence electrons. The molecule has 28 heavy (non-hydrogen) atoms. The number of para-hydroxylation sites is 1. The number of carbonyl (C=O) groups is 1. The summed E-state index contributed by atoms with van der Waals surface area (Å²) < 4.78 is 13.3. The fraction of sp³-hybridized carbons (Fsp3) is 0.350. The first-order chi connectivity index (χ1) is 13.5. The summed E-state index contributed by atoms with van der Waals surface area (Å²) >= 11 is 0. The highest BCUT2D eigenvalue weighted by molar-refractivity contribution is 5.99. The number of carbonyl (C=O) groups excluding carboxylic acids is 1. The molecule has 8 heteroatoms. The van der Waals surface area contributed by atoms with E-state index in [9.17, 15) is 4.79 Å². The first-order valence-corrected chi connectivity index (χ1v) is 9.32. The van der Waals surface area contributed by atoms with Gasteiger partial charge in [0.1, 0.15) is 11.4 Å². The highest BCUT2D eigenvalue weighted by atomic mass is 16.5. The monoisotopic (exact) mass is 381 g/mol. The Morgan fingerprint density at radius 1 is 1.25 bits per heavy atom. The zero-order valence-electron chi connectivity index (χ0n) is 16.2. The number of fused-ring (bicyclic) bond motifs is 2. The van der Waals surface area contributed by atoms with Crippen molar-refractivity contribution in [2.45, 2.75) is 26.3 Å². The van der Waals surface area contributed by atoms with Crippen molar-refractivity contribution in [1.29, 1.82) is 0 Å². The smallest absolute Gasteiger partial charge is 0.256 e. The minimum Gasteiger partial charge on any atom is -0.489 e. The highest BCUT2D eigenvalue weighted by Gasteiger charge is 2.20. The minimum absolute atomic E-state index is 0.0326. The summed E-state index contributed by atoms with van der Waals surface area (Å²) in [4.78, 5) is 19.1. The Morgan fingerprint density at radius 3 is 2.89 bits per heavy atom. The van der Waals surface area contributed by atoms with Crippen molar-refractivity contribution in [1.82, 2.24) is 19.9 Å². The predicted molar refractivity (Wildman–Crippen MR) is 106 cm³/mol. The van der Waals surface area contributed by atoms with E-state index in [1.165, 1.54) is 6.20 Å². The molecule has 2 aromatic heterocycles. The van der Waals surface area contributed by atoms with Gasteiger partial charge in [-0.1, -0.05) is 6.07 Å². The van der Waals surface area contributed by atoms with Crippen molar-refractivity contribution < 1.29 is 14.3 Å². The number of aromatic nitrogens is 3. The van der Waals surface area contributed by atoms with Gasteiger partial charge in [0.15, 0.2) is 17.1 Å². The van der Waals surface area contributed by atoms with Crippen LogP contribution in [-0.2, 0) is 0 Å². The van der Waals surface area contributed by atoms with Gasteiger partial charge in [-0.2, -0.15) is 5.10 Å². The third kappa shape index (κ3) is 3.33. The number of amides is 1. The molecular formula is C20H23N5O3. The number of anilines is 2. The minimum atomic E-state index is -0.192. The van der Waals surface area contributed by atoms with Crippen LogP contribution in [0.2, 0.25) is 0 Å². The number of hydrogen-bond donors (Lipinski definition) is 1.